The molecule has 8 heteroatoms. The molecular weight excluding hydrogens is 398 g/mol. The third kappa shape index (κ3) is 3.43. The van der Waals surface area contributed by atoms with Gasteiger partial charge in [0.2, 0.25) is 10.0 Å². The molecule has 0 bridgehead atoms. The van der Waals surface area contributed by atoms with Crippen LogP contribution in [0.15, 0.2) is 53.6 Å². The number of hydrogen-bond donors (Lipinski definition) is 1. The number of nitrogens with zero attached hydrogens (tertiary/aromatic N) is 4. The van der Waals surface area contributed by atoms with Crippen LogP contribution < -0.4 is 4.72 Å². The summed E-state index contributed by atoms with van der Waals surface area (Å²) in [5.74, 6) is 0. The topological polar surface area (TPSA) is 101 Å². The quantitative estimate of drug-likeness (QED) is 0.694. The molecule has 0 spiro atoms. The average molecular weight is 420 g/mol. The zero-order valence-electron chi connectivity index (χ0n) is 17.1. The van der Waals surface area contributed by atoms with E-state index in [9.17, 15) is 13.7 Å². The Kier molecular flexibility index (Phi) is 4.60. The van der Waals surface area contributed by atoms with Gasteiger partial charge < -0.3 is 0 Å². The monoisotopic (exact) mass is 419 g/mol. The van der Waals surface area contributed by atoms with E-state index in [-0.39, 0.29) is 4.90 Å². The predicted molar refractivity (Wildman–Crippen MR) is 116 cm³/mol. The Bertz CT molecular complexity index is 1370. The van der Waals surface area contributed by atoms with E-state index >= 15 is 0 Å². The summed E-state index contributed by atoms with van der Waals surface area (Å²) in [4.78, 5) is 9.11. The fourth-order valence-electron chi connectivity index (χ4n) is 3.33. The summed E-state index contributed by atoms with van der Waals surface area (Å²) in [7, 11) is -3.70. The lowest BCUT2D eigenvalue weighted by Crippen LogP contribution is -2.40. The number of sulfonamides is 1. The minimum atomic E-state index is -3.70. The third-order valence-electron chi connectivity index (χ3n) is 4.59. The van der Waals surface area contributed by atoms with Crippen LogP contribution in [0.1, 0.15) is 32.0 Å². The summed E-state index contributed by atoms with van der Waals surface area (Å²) >= 11 is 0. The maximum absolute atomic E-state index is 12.6. The highest BCUT2D eigenvalue weighted by Crippen LogP contribution is 2.36. The molecule has 1 aliphatic rings. The molecule has 3 heterocycles. The minimum Gasteiger partial charge on any atom is -0.291 e. The zero-order valence-corrected chi connectivity index (χ0v) is 17.9. The van der Waals surface area contributed by atoms with Crippen LogP contribution in [0.3, 0.4) is 0 Å². The summed E-state index contributed by atoms with van der Waals surface area (Å²) in [6, 6.07) is 9.14. The standard InChI is InChI=1S/C22H21N5O2S/c1-14-8-10-17-18(12-23)20(27(21(17)25-14)15-6-5-7-15)19-11-9-16(13-24-19)30(28,29)26-22(2,3)4/h5-11,13,26H,1-4H3. The molecule has 0 aromatic carbocycles. The van der Waals surface area contributed by atoms with Crippen molar-refractivity contribution in [1.82, 2.24) is 19.3 Å². The lowest BCUT2D eigenvalue weighted by molar-refractivity contribution is 0.491. The molecule has 0 radical (unpaired) electrons. The van der Waals surface area contributed by atoms with E-state index < -0.39 is 15.6 Å². The number of hydrogen-bond acceptors (Lipinski definition) is 5. The maximum atomic E-state index is 12.6. The first kappa shape index (κ1) is 20.0. The van der Waals surface area contributed by atoms with E-state index in [0.29, 0.717) is 22.6 Å². The number of pyridine rings is 2. The van der Waals surface area contributed by atoms with Gasteiger partial charge in [-0.05, 0) is 64.1 Å². The van der Waals surface area contributed by atoms with Crippen molar-refractivity contribution in [3.8, 4) is 17.5 Å². The molecule has 0 unspecified atom stereocenters. The second kappa shape index (κ2) is 6.90. The largest absolute Gasteiger partial charge is 0.291 e. The SMILES string of the molecule is Cc1ccc2c(C#N)c(-c3ccc(S(=O)(=O)NC(C)(C)C)cn3)n(C3=CC=C3)c2n1. The van der Waals surface area contributed by atoms with Gasteiger partial charge in [-0.1, -0.05) is 6.08 Å². The maximum Gasteiger partial charge on any atom is 0.242 e. The van der Waals surface area contributed by atoms with Crippen molar-refractivity contribution in [2.75, 3.05) is 0 Å². The molecule has 1 aliphatic carbocycles. The second-order valence-corrected chi connectivity index (χ2v) is 9.86. The number of allylic oxidation sites excluding steroid dienone is 4. The first-order valence-corrected chi connectivity index (χ1v) is 10.9. The molecule has 152 valence electrons. The van der Waals surface area contributed by atoms with E-state index in [1.165, 1.54) is 12.3 Å². The van der Waals surface area contributed by atoms with Crippen molar-refractivity contribution in [3.05, 3.63) is 59.9 Å². The Morgan fingerprint density at radius 2 is 1.90 bits per heavy atom. The van der Waals surface area contributed by atoms with Crippen molar-refractivity contribution in [2.45, 2.75) is 38.1 Å². The van der Waals surface area contributed by atoms with Gasteiger partial charge in [-0.2, -0.15) is 5.26 Å². The highest BCUT2D eigenvalue weighted by atomic mass is 32.2. The average Bonchev–Trinajstić information content (AvgIpc) is 2.92. The molecule has 7 nitrogen and oxygen atoms in total. The van der Waals surface area contributed by atoms with Crippen LogP contribution in [0.4, 0.5) is 0 Å². The minimum absolute atomic E-state index is 0.0686. The molecule has 3 aromatic rings. The van der Waals surface area contributed by atoms with Gasteiger partial charge >= 0.3 is 0 Å². The molecule has 0 saturated heterocycles. The van der Waals surface area contributed by atoms with Gasteiger partial charge in [0.25, 0.3) is 0 Å². The van der Waals surface area contributed by atoms with Gasteiger partial charge in [0, 0.05) is 28.5 Å². The number of aryl methyl sites for hydroxylation is 1. The van der Waals surface area contributed by atoms with Gasteiger partial charge in [-0.15, -0.1) is 0 Å². The number of rotatable bonds is 4. The van der Waals surface area contributed by atoms with Crippen molar-refractivity contribution in [2.24, 2.45) is 0 Å². The molecule has 30 heavy (non-hydrogen) atoms. The first-order chi connectivity index (χ1) is 14.1. The predicted octanol–water partition coefficient (Wildman–Crippen LogP) is 3.77. The van der Waals surface area contributed by atoms with E-state index in [4.69, 9.17) is 0 Å². The smallest absolute Gasteiger partial charge is 0.242 e. The molecule has 1 N–H and O–H groups in total. The van der Waals surface area contributed by atoms with Crippen LogP contribution in [0.25, 0.3) is 28.1 Å². The van der Waals surface area contributed by atoms with Crippen LogP contribution in [0.2, 0.25) is 0 Å². The molecule has 0 saturated carbocycles. The Labute approximate surface area is 175 Å². The summed E-state index contributed by atoms with van der Waals surface area (Å²) in [6.07, 6.45) is 7.09. The molecule has 3 aromatic heterocycles. The molecule has 4 rings (SSSR count). The lowest BCUT2D eigenvalue weighted by Gasteiger charge is -2.20. The summed E-state index contributed by atoms with van der Waals surface area (Å²) < 4.78 is 29.7. The summed E-state index contributed by atoms with van der Waals surface area (Å²) in [5.41, 5.74) is 3.34. The van der Waals surface area contributed by atoms with Crippen LogP contribution >= 0.6 is 0 Å². The van der Waals surface area contributed by atoms with Gasteiger partial charge in [-0.3, -0.25) is 9.55 Å². The van der Waals surface area contributed by atoms with Crippen LogP contribution in [-0.2, 0) is 10.0 Å². The van der Waals surface area contributed by atoms with Gasteiger partial charge in [0.1, 0.15) is 16.6 Å². The first-order valence-electron chi connectivity index (χ1n) is 9.42. The number of nitrogens with one attached hydrogen (secondary N) is 1. The zero-order chi connectivity index (χ0) is 21.7. The molecule has 0 aliphatic heterocycles. The van der Waals surface area contributed by atoms with Crippen LogP contribution in [0.5, 0.6) is 0 Å². The van der Waals surface area contributed by atoms with Gasteiger partial charge in [-0.25, -0.2) is 18.1 Å². The Hall–Kier alpha value is -3.28. The second-order valence-electron chi connectivity index (χ2n) is 8.18. The molecule has 0 atom stereocenters. The molecule has 0 amide bonds. The fourth-order valence-corrected chi connectivity index (χ4v) is 4.70. The van der Waals surface area contributed by atoms with Crippen LogP contribution in [0, 0.1) is 18.3 Å². The fraction of sp³-hybridized carbons (Fsp3) is 0.227. The van der Waals surface area contributed by atoms with Crippen molar-refractivity contribution < 1.29 is 8.42 Å². The van der Waals surface area contributed by atoms with Gasteiger partial charge in [0.15, 0.2) is 0 Å². The Balaban J connectivity index is 1.89. The highest BCUT2D eigenvalue weighted by Gasteiger charge is 2.25. The van der Waals surface area contributed by atoms with E-state index in [0.717, 1.165) is 16.8 Å². The summed E-state index contributed by atoms with van der Waals surface area (Å²) in [6.45, 7) is 7.23. The van der Waals surface area contributed by atoms with E-state index in [2.05, 4.69) is 20.8 Å². The summed E-state index contributed by atoms with van der Waals surface area (Å²) in [5, 5.41) is 10.6. The highest BCUT2D eigenvalue weighted by molar-refractivity contribution is 7.89. The van der Waals surface area contributed by atoms with E-state index in [1.54, 1.807) is 26.8 Å². The number of nitriles is 1. The van der Waals surface area contributed by atoms with Crippen molar-refractivity contribution >= 4 is 26.8 Å². The lowest BCUT2D eigenvalue weighted by atomic mass is 10.1. The Morgan fingerprint density at radius 1 is 1.17 bits per heavy atom. The Morgan fingerprint density at radius 3 is 2.43 bits per heavy atom. The van der Waals surface area contributed by atoms with Crippen molar-refractivity contribution in [3.63, 3.8) is 0 Å². The van der Waals surface area contributed by atoms with Crippen molar-refractivity contribution in [1.29, 1.82) is 5.26 Å². The number of aromatic nitrogens is 3. The molecular formula is C22H21N5O2S. The normalized spacial score (nSPS) is 13.8. The van der Waals surface area contributed by atoms with Crippen LogP contribution in [-0.4, -0.2) is 28.5 Å². The molecule has 0 fully saturated rings. The van der Waals surface area contributed by atoms with E-state index in [1.807, 2.05) is 41.9 Å². The third-order valence-corrected chi connectivity index (χ3v) is 6.33. The number of fused-ring (bicyclic) bond motifs is 1. The van der Waals surface area contributed by atoms with Gasteiger partial charge in [0.05, 0.1) is 17.0 Å².